The summed E-state index contributed by atoms with van der Waals surface area (Å²) in [6, 6.07) is 5.59. The third kappa shape index (κ3) is 3.87. The Morgan fingerprint density at radius 1 is 1.42 bits per heavy atom. The van der Waals surface area contributed by atoms with Crippen LogP contribution in [0.3, 0.4) is 0 Å². The van der Waals surface area contributed by atoms with Crippen molar-refractivity contribution in [2.75, 3.05) is 19.0 Å². The number of nitrogens with one attached hydrogen (secondary N) is 1. The lowest BCUT2D eigenvalue weighted by atomic mass is 10.3. The van der Waals surface area contributed by atoms with Gasteiger partial charge in [-0.05, 0) is 26.0 Å². The van der Waals surface area contributed by atoms with Crippen molar-refractivity contribution in [3.8, 4) is 5.75 Å². The van der Waals surface area contributed by atoms with Gasteiger partial charge in [-0.1, -0.05) is 12.1 Å². The first-order valence-corrected chi connectivity index (χ1v) is 5.95. The molecule has 0 radical (unpaired) electrons. The van der Waals surface area contributed by atoms with Crippen LogP contribution in [0.25, 0.3) is 0 Å². The number of aliphatic carboxylic acids is 1. The molecule has 0 bridgehead atoms. The van der Waals surface area contributed by atoms with Gasteiger partial charge in [-0.2, -0.15) is 0 Å². The van der Waals surface area contributed by atoms with Crippen molar-refractivity contribution in [1.82, 2.24) is 4.90 Å². The van der Waals surface area contributed by atoms with Gasteiger partial charge in [0.25, 0.3) is 0 Å². The van der Waals surface area contributed by atoms with Crippen LogP contribution >= 0.6 is 0 Å². The Kier molecular flexibility index (Phi) is 5.17. The minimum atomic E-state index is -1.06. The fraction of sp³-hybridized carbons (Fsp3) is 0.385. The average molecular weight is 266 g/mol. The van der Waals surface area contributed by atoms with Gasteiger partial charge in [-0.3, -0.25) is 0 Å². The van der Waals surface area contributed by atoms with E-state index in [0.717, 1.165) is 4.90 Å². The molecule has 1 unspecified atom stereocenters. The van der Waals surface area contributed by atoms with Crippen molar-refractivity contribution in [2.45, 2.75) is 19.9 Å². The molecule has 0 saturated heterocycles. The Morgan fingerprint density at radius 2 is 2.05 bits per heavy atom. The Bertz CT molecular complexity index is 462. The molecule has 6 heteroatoms. The van der Waals surface area contributed by atoms with Crippen LogP contribution in [0, 0.1) is 0 Å². The van der Waals surface area contributed by atoms with E-state index in [2.05, 4.69) is 5.32 Å². The number of urea groups is 1. The maximum absolute atomic E-state index is 11.9. The Balaban J connectivity index is 2.79. The summed E-state index contributed by atoms with van der Waals surface area (Å²) >= 11 is 0. The van der Waals surface area contributed by atoms with Gasteiger partial charge in [0, 0.05) is 7.05 Å². The molecular formula is C13H18N2O4. The van der Waals surface area contributed by atoms with E-state index in [4.69, 9.17) is 9.84 Å². The van der Waals surface area contributed by atoms with Gasteiger partial charge in [0.05, 0.1) is 12.3 Å². The summed E-state index contributed by atoms with van der Waals surface area (Å²) in [5, 5.41) is 11.5. The first kappa shape index (κ1) is 14.8. The van der Waals surface area contributed by atoms with E-state index in [9.17, 15) is 9.59 Å². The van der Waals surface area contributed by atoms with Crippen LogP contribution < -0.4 is 10.1 Å². The minimum absolute atomic E-state index is 0.480. The Labute approximate surface area is 112 Å². The van der Waals surface area contributed by atoms with E-state index in [1.165, 1.54) is 14.0 Å². The quantitative estimate of drug-likeness (QED) is 0.854. The summed E-state index contributed by atoms with van der Waals surface area (Å²) in [5.74, 6) is -0.509. The van der Waals surface area contributed by atoms with Crippen LogP contribution in [0.15, 0.2) is 24.3 Å². The van der Waals surface area contributed by atoms with Crippen molar-refractivity contribution in [1.29, 1.82) is 0 Å². The highest BCUT2D eigenvalue weighted by molar-refractivity contribution is 5.93. The normalized spacial score (nSPS) is 11.5. The van der Waals surface area contributed by atoms with Gasteiger partial charge in [0.1, 0.15) is 11.8 Å². The number of carbonyl (C=O) groups excluding carboxylic acids is 1. The predicted octanol–water partition coefficient (Wildman–Crippen LogP) is 2.02. The second-order valence-corrected chi connectivity index (χ2v) is 3.98. The Hall–Kier alpha value is -2.24. The standard InChI is InChI=1S/C13H18N2O4/c1-4-19-11-8-6-5-7-10(11)14-13(18)15(3)9(2)12(16)17/h5-9H,4H2,1-3H3,(H,14,18)(H,16,17). The van der Waals surface area contributed by atoms with E-state index in [-0.39, 0.29) is 0 Å². The summed E-state index contributed by atoms with van der Waals surface area (Å²) in [6.07, 6.45) is 0. The molecule has 0 aliphatic rings. The largest absolute Gasteiger partial charge is 0.492 e. The molecule has 0 heterocycles. The van der Waals surface area contributed by atoms with Crippen LogP contribution in [0.2, 0.25) is 0 Å². The summed E-state index contributed by atoms with van der Waals surface area (Å²) < 4.78 is 5.38. The maximum atomic E-state index is 11.9. The second-order valence-electron chi connectivity index (χ2n) is 3.98. The molecule has 19 heavy (non-hydrogen) atoms. The molecule has 2 amide bonds. The lowest BCUT2D eigenvalue weighted by molar-refractivity contribution is -0.141. The summed E-state index contributed by atoms with van der Waals surface area (Å²) in [6.45, 7) is 3.77. The number of para-hydroxylation sites is 2. The third-order valence-corrected chi connectivity index (χ3v) is 2.69. The number of carboxylic acids is 1. The average Bonchev–Trinajstić information content (AvgIpc) is 2.39. The van der Waals surface area contributed by atoms with Crippen LogP contribution in [0.1, 0.15) is 13.8 Å². The van der Waals surface area contributed by atoms with Gasteiger partial charge < -0.3 is 20.1 Å². The topological polar surface area (TPSA) is 78.9 Å². The zero-order valence-electron chi connectivity index (χ0n) is 11.2. The van der Waals surface area contributed by atoms with E-state index < -0.39 is 18.0 Å². The first-order valence-electron chi connectivity index (χ1n) is 5.95. The molecule has 1 aromatic carbocycles. The molecule has 1 rings (SSSR count). The first-order chi connectivity index (χ1) is 8.97. The number of benzene rings is 1. The number of amides is 2. The number of carboxylic acid groups (broad SMARTS) is 1. The number of hydrogen-bond acceptors (Lipinski definition) is 3. The smallest absolute Gasteiger partial charge is 0.326 e. The van der Waals surface area contributed by atoms with Crippen LogP contribution in [0.4, 0.5) is 10.5 Å². The number of rotatable bonds is 5. The molecule has 0 spiro atoms. The van der Waals surface area contributed by atoms with Gasteiger partial charge >= 0.3 is 12.0 Å². The lowest BCUT2D eigenvalue weighted by Crippen LogP contribution is -2.42. The van der Waals surface area contributed by atoms with Crippen molar-refractivity contribution < 1.29 is 19.4 Å². The predicted molar refractivity (Wildman–Crippen MR) is 71.5 cm³/mol. The molecule has 6 nitrogen and oxygen atoms in total. The zero-order valence-corrected chi connectivity index (χ0v) is 11.2. The van der Waals surface area contributed by atoms with Crippen molar-refractivity contribution in [3.05, 3.63) is 24.3 Å². The number of anilines is 1. The zero-order chi connectivity index (χ0) is 14.4. The molecule has 2 N–H and O–H groups in total. The highest BCUT2D eigenvalue weighted by Crippen LogP contribution is 2.24. The Morgan fingerprint density at radius 3 is 2.63 bits per heavy atom. The van der Waals surface area contributed by atoms with E-state index in [1.54, 1.807) is 24.3 Å². The summed E-state index contributed by atoms with van der Waals surface area (Å²) in [7, 11) is 1.43. The molecule has 1 atom stereocenters. The van der Waals surface area contributed by atoms with Gasteiger partial charge in [0.2, 0.25) is 0 Å². The highest BCUT2D eigenvalue weighted by atomic mass is 16.5. The fourth-order valence-corrected chi connectivity index (χ4v) is 1.40. The van der Waals surface area contributed by atoms with Gasteiger partial charge in [-0.25, -0.2) is 9.59 Å². The molecule has 0 saturated carbocycles. The summed E-state index contributed by atoms with van der Waals surface area (Å²) in [5.41, 5.74) is 0.513. The van der Waals surface area contributed by atoms with Crippen molar-refractivity contribution in [2.24, 2.45) is 0 Å². The van der Waals surface area contributed by atoms with Crippen LogP contribution in [-0.2, 0) is 4.79 Å². The second kappa shape index (κ2) is 6.63. The van der Waals surface area contributed by atoms with E-state index in [1.807, 2.05) is 6.92 Å². The molecule has 104 valence electrons. The highest BCUT2D eigenvalue weighted by Gasteiger charge is 2.22. The molecule has 0 aliphatic carbocycles. The minimum Gasteiger partial charge on any atom is -0.492 e. The number of nitrogens with zero attached hydrogens (tertiary/aromatic N) is 1. The molecule has 1 aromatic rings. The number of likely N-dealkylation sites (N-methyl/N-ethyl adjacent to an activating group) is 1. The molecule has 0 fully saturated rings. The van der Waals surface area contributed by atoms with Gasteiger partial charge in [0.15, 0.2) is 0 Å². The van der Waals surface area contributed by atoms with Crippen LogP contribution in [0.5, 0.6) is 5.75 Å². The summed E-state index contributed by atoms with van der Waals surface area (Å²) in [4.78, 5) is 23.8. The lowest BCUT2D eigenvalue weighted by Gasteiger charge is -2.22. The van der Waals surface area contributed by atoms with E-state index in [0.29, 0.717) is 18.0 Å². The number of hydrogen-bond donors (Lipinski definition) is 2. The van der Waals surface area contributed by atoms with Gasteiger partial charge in [-0.15, -0.1) is 0 Å². The SMILES string of the molecule is CCOc1ccccc1NC(=O)N(C)C(C)C(=O)O. The molecule has 0 aromatic heterocycles. The maximum Gasteiger partial charge on any atom is 0.326 e. The third-order valence-electron chi connectivity index (χ3n) is 2.69. The fourth-order valence-electron chi connectivity index (χ4n) is 1.40. The number of ether oxygens (including phenoxy) is 1. The van der Waals surface area contributed by atoms with Crippen LogP contribution in [-0.4, -0.2) is 41.7 Å². The van der Waals surface area contributed by atoms with E-state index >= 15 is 0 Å². The van der Waals surface area contributed by atoms with Crippen molar-refractivity contribution in [3.63, 3.8) is 0 Å². The monoisotopic (exact) mass is 266 g/mol. The van der Waals surface area contributed by atoms with Crippen molar-refractivity contribution >= 4 is 17.7 Å². The molecular weight excluding hydrogens is 248 g/mol. The number of carbonyl (C=O) groups is 2. The molecule has 0 aliphatic heterocycles.